The molecule has 1 atom stereocenters. The molecule has 1 fully saturated rings. The van der Waals surface area contributed by atoms with E-state index in [1.54, 1.807) is 17.5 Å². The molecule has 6 heteroatoms. The second kappa shape index (κ2) is 7.68. The average Bonchev–Trinajstić information content (AvgIpc) is 2.99. The second-order valence-corrected chi connectivity index (χ2v) is 6.78. The lowest BCUT2D eigenvalue weighted by Crippen LogP contribution is -2.49. The van der Waals surface area contributed by atoms with Crippen LogP contribution in [0.5, 0.6) is 0 Å². The van der Waals surface area contributed by atoms with Crippen LogP contribution >= 0.6 is 11.3 Å². The number of carbonyl (C=O) groups is 1. The lowest BCUT2D eigenvalue weighted by Gasteiger charge is -2.35. The van der Waals surface area contributed by atoms with Gasteiger partial charge in [-0.1, -0.05) is 6.07 Å². The molecular weight excluding hydrogens is 308 g/mol. The van der Waals surface area contributed by atoms with Crippen LogP contribution in [0.15, 0.2) is 36.0 Å². The van der Waals surface area contributed by atoms with E-state index >= 15 is 0 Å². The SMILES string of the molecule is Cc1ccsc1CNC(=O)CN1CCNCC1c1cccnc1. The summed E-state index contributed by atoms with van der Waals surface area (Å²) in [4.78, 5) is 20.0. The van der Waals surface area contributed by atoms with Crippen LogP contribution in [0.4, 0.5) is 0 Å². The lowest BCUT2D eigenvalue weighted by atomic mass is 10.1. The number of rotatable bonds is 5. The van der Waals surface area contributed by atoms with Gasteiger partial charge in [-0.25, -0.2) is 0 Å². The van der Waals surface area contributed by atoms with Crippen molar-refractivity contribution in [2.45, 2.75) is 19.5 Å². The Bertz CT molecular complexity index is 643. The molecular formula is C17H22N4OS. The predicted molar refractivity (Wildman–Crippen MR) is 92.3 cm³/mol. The third-order valence-electron chi connectivity index (χ3n) is 4.18. The Kier molecular flexibility index (Phi) is 5.38. The van der Waals surface area contributed by atoms with E-state index < -0.39 is 0 Å². The van der Waals surface area contributed by atoms with Crippen LogP contribution in [0, 0.1) is 6.92 Å². The van der Waals surface area contributed by atoms with Gasteiger partial charge in [-0.2, -0.15) is 0 Å². The molecule has 1 amide bonds. The van der Waals surface area contributed by atoms with Gasteiger partial charge in [0.15, 0.2) is 0 Å². The fraction of sp³-hybridized carbons (Fsp3) is 0.412. The first-order chi connectivity index (χ1) is 11.2. The minimum Gasteiger partial charge on any atom is -0.350 e. The normalized spacial score (nSPS) is 18.7. The first-order valence-electron chi connectivity index (χ1n) is 7.88. The number of nitrogens with zero attached hydrogens (tertiary/aromatic N) is 2. The molecule has 0 aliphatic carbocycles. The first-order valence-corrected chi connectivity index (χ1v) is 8.76. The molecule has 1 aliphatic rings. The molecule has 1 saturated heterocycles. The van der Waals surface area contributed by atoms with Crippen LogP contribution < -0.4 is 10.6 Å². The number of nitrogens with one attached hydrogen (secondary N) is 2. The Morgan fingerprint density at radius 1 is 1.52 bits per heavy atom. The molecule has 0 saturated carbocycles. The molecule has 0 spiro atoms. The third-order valence-corrected chi connectivity index (χ3v) is 5.21. The fourth-order valence-corrected chi connectivity index (χ4v) is 3.69. The Morgan fingerprint density at radius 2 is 2.43 bits per heavy atom. The van der Waals surface area contributed by atoms with E-state index in [2.05, 4.69) is 45.0 Å². The molecule has 2 aromatic heterocycles. The van der Waals surface area contributed by atoms with Gasteiger partial charge in [0.05, 0.1) is 13.1 Å². The molecule has 2 N–H and O–H groups in total. The molecule has 0 radical (unpaired) electrons. The van der Waals surface area contributed by atoms with Crippen molar-refractivity contribution in [1.82, 2.24) is 20.5 Å². The van der Waals surface area contributed by atoms with Crippen molar-refractivity contribution in [3.05, 3.63) is 52.0 Å². The summed E-state index contributed by atoms with van der Waals surface area (Å²) in [6, 6.07) is 6.31. The summed E-state index contributed by atoms with van der Waals surface area (Å²) in [5.41, 5.74) is 2.40. The molecule has 3 heterocycles. The summed E-state index contributed by atoms with van der Waals surface area (Å²) in [7, 11) is 0. The van der Waals surface area contributed by atoms with Crippen LogP contribution in [0.2, 0.25) is 0 Å². The number of carbonyl (C=O) groups excluding carboxylic acids is 1. The summed E-state index contributed by atoms with van der Waals surface area (Å²) in [6.07, 6.45) is 3.66. The maximum absolute atomic E-state index is 12.3. The highest BCUT2D eigenvalue weighted by atomic mass is 32.1. The summed E-state index contributed by atoms with van der Waals surface area (Å²) < 4.78 is 0. The zero-order valence-corrected chi connectivity index (χ0v) is 14.1. The van der Waals surface area contributed by atoms with E-state index in [1.807, 2.05) is 12.3 Å². The van der Waals surface area contributed by atoms with Crippen molar-refractivity contribution in [2.24, 2.45) is 0 Å². The van der Waals surface area contributed by atoms with E-state index in [-0.39, 0.29) is 11.9 Å². The number of aromatic nitrogens is 1. The van der Waals surface area contributed by atoms with Gasteiger partial charge in [-0.05, 0) is 35.6 Å². The number of hydrogen-bond donors (Lipinski definition) is 2. The van der Waals surface area contributed by atoms with E-state index in [0.29, 0.717) is 13.1 Å². The lowest BCUT2D eigenvalue weighted by molar-refractivity contribution is -0.123. The molecule has 0 bridgehead atoms. The molecule has 1 unspecified atom stereocenters. The maximum Gasteiger partial charge on any atom is 0.234 e. The highest BCUT2D eigenvalue weighted by molar-refractivity contribution is 7.10. The molecule has 3 rings (SSSR count). The van der Waals surface area contributed by atoms with Crippen LogP contribution in [0.3, 0.4) is 0 Å². The van der Waals surface area contributed by atoms with Crippen molar-refractivity contribution < 1.29 is 4.79 Å². The van der Waals surface area contributed by atoms with Gasteiger partial charge < -0.3 is 10.6 Å². The van der Waals surface area contributed by atoms with Crippen molar-refractivity contribution in [3.8, 4) is 0 Å². The largest absolute Gasteiger partial charge is 0.350 e. The summed E-state index contributed by atoms with van der Waals surface area (Å²) in [5, 5.41) is 8.50. The number of thiophene rings is 1. The summed E-state index contributed by atoms with van der Waals surface area (Å²) >= 11 is 1.69. The quantitative estimate of drug-likeness (QED) is 0.876. The van der Waals surface area contributed by atoms with Crippen molar-refractivity contribution in [2.75, 3.05) is 26.2 Å². The molecule has 23 heavy (non-hydrogen) atoms. The van der Waals surface area contributed by atoms with E-state index in [1.165, 1.54) is 10.4 Å². The average molecular weight is 330 g/mol. The highest BCUT2D eigenvalue weighted by Crippen LogP contribution is 2.21. The van der Waals surface area contributed by atoms with Gasteiger partial charge in [0, 0.05) is 42.9 Å². The Labute approximate surface area is 140 Å². The first kappa shape index (κ1) is 16.1. The van der Waals surface area contributed by atoms with E-state index in [9.17, 15) is 4.79 Å². The van der Waals surface area contributed by atoms with Crippen LogP contribution in [-0.2, 0) is 11.3 Å². The van der Waals surface area contributed by atoms with Crippen LogP contribution in [0.25, 0.3) is 0 Å². The predicted octanol–water partition coefficient (Wildman–Crippen LogP) is 1.71. The monoisotopic (exact) mass is 330 g/mol. The number of pyridine rings is 1. The summed E-state index contributed by atoms with van der Waals surface area (Å²) in [6.45, 7) is 5.74. The Balaban J connectivity index is 1.58. The highest BCUT2D eigenvalue weighted by Gasteiger charge is 2.25. The fourth-order valence-electron chi connectivity index (χ4n) is 2.84. The molecule has 5 nitrogen and oxygen atoms in total. The third kappa shape index (κ3) is 4.16. The zero-order chi connectivity index (χ0) is 16.1. The van der Waals surface area contributed by atoms with Gasteiger partial charge in [0.25, 0.3) is 0 Å². The van der Waals surface area contributed by atoms with E-state index in [0.717, 1.165) is 25.2 Å². The maximum atomic E-state index is 12.3. The van der Waals surface area contributed by atoms with Gasteiger partial charge in [0.1, 0.15) is 0 Å². The Morgan fingerprint density at radius 3 is 3.17 bits per heavy atom. The number of hydrogen-bond acceptors (Lipinski definition) is 5. The van der Waals surface area contributed by atoms with Gasteiger partial charge >= 0.3 is 0 Å². The van der Waals surface area contributed by atoms with Crippen LogP contribution in [0.1, 0.15) is 22.0 Å². The van der Waals surface area contributed by atoms with Gasteiger partial charge in [-0.3, -0.25) is 14.7 Å². The number of piperazine rings is 1. The van der Waals surface area contributed by atoms with Gasteiger partial charge in [-0.15, -0.1) is 11.3 Å². The zero-order valence-electron chi connectivity index (χ0n) is 13.3. The topological polar surface area (TPSA) is 57.3 Å². The van der Waals surface area contributed by atoms with Crippen molar-refractivity contribution in [1.29, 1.82) is 0 Å². The standard InChI is InChI=1S/C17H22N4OS/c1-13-4-8-23-16(13)11-20-17(22)12-21-7-6-19-10-15(21)14-3-2-5-18-9-14/h2-5,8-9,15,19H,6-7,10-12H2,1H3,(H,20,22). The Hall–Kier alpha value is -1.76. The van der Waals surface area contributed by atoms with Crippen LogP contribution in [-0.4, -0.2) is 42.0 Å². The van der Waals surface area contributed by atoms with Gasteiger partial charge in [0.2, 0.25) is 5.91 Å². The summed E-state index contributed by atoms with van der Waals surface area (Å²) in [5.74, 6) is 0.0774. The van der Waals surface area contributed by atoms with Crippen molar-refractivity contribution in [3.63, 3.8) is 0 Å². The smallest absolute Gasteiger partial charge is 0.234 e. The minimum absolute atomic E-state index is 0.0774. The molecule has 0 aromatic carbocycles. The van der Waals surface area contributed by atoms with E-state index in [4.69, 9.17) is 0 Å². The number of aryl methyl sites for hydroxylation is 1. The number of amides is 1. The molecule has 2 aromatic rings. The second-order valence-electron chi connectivity index (χ2n) is 5.78. The van der Waals surface area contributed by atoms with Crippen molar-refractivity contribution >= 4 is 17.2 Å². The molecule has 1 aliphatic heterocycles. The molecule has 122 valence electrons. The minimum atomic E-state index is 0.0774.